The number of pyridine rings is 1. The van der Waals surface area contributed by atoms with E-state index in [0.29, 0.717) is 37.9 Å². The molecule has 1 saturated heterocycles. The predicted octanol–water partition coefficient (Wildman–Crippen LogP) is 1.93. The Labute approximate surface area is 154 Å². The molecule has 0 atom stereocenters. The first-order valence-corrected chi connectivity index (χ1v) is 9.76. The number of rotatable bonds is 5. The van der Waals surface area contributed by atoms with Crippen molar-refractivity contribution in [2.75, 3.05) is 19.6 Å². The van der Waals surface area contributed by atoms with Crippen LogP contribution in [0.2, 0.25) is 0 Å². The van der Waals surface area contributed by atoms with E-state index in [-0.39, 0.29) is 22.9 Å². The van der Waals surface area contributed by atoms with Gasteiger partial charge >= 0.3 is 0 Å². The second-order valence-corrected chi connectivity index (χ2v) is 7.73. The molecule has 1 aliphatic carbocycles. The number of hydrogen-bond donors (Lipinski definition) is 1. The van der Waals surface area contributed by atoms with Crippen LogP contribution in [0.5, 0.6) is 0 Å². The van der Waals surface area contributed by atoms with Gasteiger partial charge in [0, 0.05) is 39.3 Å². The molecule has 1 aromatic heterocycles. The van der Waals surface area contributed by atoms with Crippen LogP contribution in [0.4, 0.5) is 0 Å². The first-order valence-electron chi connectivity index (χ1n) is 9.76. The summed E-state index contributed by atoms with van der Waals surface area (Å²) in [4.78, 5) is 38.5. The maximum absolute atomic E-state index is 12.6. The van der Waals surface area contributed by atoms with Gasteiger partial charge in [-0.05, 0) is 49.7 Å². The lowest BCUT2D eigenvalue weighted by Crippen LogP contribution is -2.43. The average Bonchev–Trinajstić information content (AvgIpc) is 3.15. The molecule has 1 aliphatic heterocycles. The van der Waals surface area contributed by atoms with Gasteiger partial charge in [-0.2, -0.15) is 0 Å². The summed E-state index contributed by atoms with van der Waals surface area (Å²) in [7, 11) is 1.65. The Morgan fingerprint density at radius 3 is 2.50 bits per heavy atom. The Bertz CT molecular complexity index is 698. The van der Waals surface area contributed by atoms with Crippen LogP contribution in [-0.4, -0.2) is 40.9 Å². The number of piperidine rings is 1. The number of likely N-dealkylation sites (tertiary alicyclic amines) is 1. The van der Waals surface area contributed by atoms with Crippen molar-refractivity contribution in [3.8, 4) is 0 Å². The molecule has 2 heterocycles. The zero-order chi connectivity index (χ0) is 18.5. The van der Waals surface area contributed by atoms with Gasteiger partial charge in [-0.15, -0.1) is 0 Å². The zero-order valence-electron chi connectivity index (χ0n) is 15.6. The molecule has 6 nitrogen and oxygen atoms in total. The van der Waals surface area contributed by atoms with Gasteiger partial charge < -0.3 is 14.8 Å². The summed E-state index contributed by atoms with van der Waals surface area (Å²) < 4.78 is 1.43. The summed E-state index contributed by atoms with van der Waals surface area (Å²) in [5.41, 5.74) is -0.0166. The van der Waals surface area contributed by atoms with Gasteiger partial charge in [-0.25, -0.2) is 0 Å². The Morgan fingerprint density at radius 2 is 1.81 bits per heavy atom. The maximum Gasteiger partial charge on any atom is 0.263 e. The fraction of sp³-hybridized carbons (Fsp3) is 0.650. The Balaban J connectivity index is 1.43. The molecule has 2 fully saturated rings. The maximum atomic E-state index is 12.6. The smallest absolute Gasteiger partial charge is 0.263 e. The van der Waals surface area contributed by atoms with Crippen molar-refractivity contribution in [3.63, 3.8) is 0 Å². The number of aromatic nitrogens is 1. The van der Waals surface area contributed by atoms with Gasteiger partial charge in [0.05, 0.1) is 0 Å². The van der Waals surface area contributed by atoms with Crippen molar-refractivity contribution >= 4 is 11.8 Å². The van der Waals surface area contributed by atoms with Crippen LogP contribution >= 0.6 is 0 Å². The Morgan fingerprint density at radius 1 is 1.12 bits per heavy atom. The van der Waals surface area contributed by atoms with E-state index in [1.165, 1.54) is 30.3 Å². The number of nitrogens with zero attached hydrogens (tertiary/aromatic N) is 2. The minimum atomic E-state index is -0.251. The molecule has 1 aromatic rings. The molecule has 6 heteroatoms. The van der Waals surface area contributed by atoms with E-state index in [4.69, 9.17) is 0 Å². The highest BCUT2D eigenvalue weighted by Gasteiger charge is 2.26. The molecule has 26 heavy (non-hydrogen) atoms. The normalized spacial score (nSPS) is 18.9. The van der Waals surface area contributed by atoms with Crippen molar-refractivity contribution < 1.29 is 9.59 Å². The minimum absolute atomic E-state index is 0.170. The third kappa shape index (κ3) is 4.54. The van der Waals surface area contributed by atoms with Crippen molar-refractivity contribution in [2.24, 2.45) is 18.9 Å². The predicted molar refractivity (Wildman–Crippen MR) is 99.9 cm³/mol. The number of amides is 2. The molecule has 1 N–H and O–H groups in total. The van der Waals surface area contributed by atoms with E-state index in [1.807, 2.05) is 0 Å². The summed E-state index contributed by atoms with van der Waals surface area (Å²) in [6, 6.07) is 3.32. The molecule has 3 rings (SSSR count). The van der Waals surface area contributed by atoms with Crippen LogP contribution in [0.1, 0.15) is 55.3 Å². The van der Waals surface area contributed by atoms with E-state index in [0.717, 1.165) is 12.8 Å². The largest absolute Gasteiger partial charge is 0.356 e. The van der Waals surface area contributed by atoms with Gasteiger partial charge in [-0.1, -0.05) is 12.8 Å². The van der Waals surface area contributed by atoms with Gasteiger partial charge in [0.25, 0.3) is 11.5 Å². The van der Waals surface area contributed by atoms with E-state index < -0.39 is 0 Å². The number of aryl methyl sites for hydroxylation is 1. The van der Waals surface area contributed by atoms with E-state index in [1.54, 1.807) is 30.3 Å². The SMILES string of the molecule is Cn1cccc(C(=O)N2CCC(CNC(=O)CC3CCCC3)CC2)c1=O. The lowest BCUT2D eigenvalue weighted by molar-refractivity contribution is -0.122. The zero-order valence-corrected chi connectivity index (χ0v) is 15.6. The summed E-state index contributed by atoms with van der Waals surface area (Å²) >= 11 is 0. The monoisotopic (exact) mass is 359 g/mol. The Kier molecular flexibility index (Phi) is 6.12. The summed E-state index contributed by atoms with van der Waals surface area (Å²) in [5, 5.41) is 3.08. The van der Waals surface area contributed by atoms with Gasteiger partial charge in [0.15, 0.2) is 0 Å². The van der Waals surface area contributed by atoms with E-state index >= 15 is 0 Å². The first-order chi connectivity index (χ1) is 12.5. The van der Waals surface area contributed by atoms with Crippen LogP contribution in [0.15, 0.2) is 23.1 Å². The third-order valence-electron chi connectivity index (χ3n) is 5.79. The van der Waals surface area contributed by atoms with Crippen LogP contribution in [0.25, 0.3) is 0 Å². The molecule has 142 valence electrons. The van der Waals surface area contributed by atoms with Crippen molar-refractivity contribution in [1.29, 1.82) is 0 Å². The van der Waals surface area contributed by atoms with Crippen LogP contribution in [0.3, 0.4) is 0 Å². The van der Waals surface area contributed by atoms with Crippen molar-refractivity contribution in [3.05, 3.63) is 34.2 Å². The van der Waals surface area contributed by atoms with Crippen LogP contribution in [0, 0.1) is 11.8 Å². The molecular weight excluding hydrogens is 330 g/mol. The van der Waals surface area contributed by atoms with Crippen LogP contribution < -0.4 is 10.9 Å². The van der Waals surface area contributed by atoms with E-state index in [9.17, 15) is 14.4 Å². The van der Waals surface area contributed by atoms with Gasteiger partial charge in [0.2, 0.25) is 5.91 Å². The molecule has 0 spiro atoms. The summed E-state index contributed by atoms with van der Waals surface area (Å²) in [5.74, 6) is 0.964. The van der Waals surface area contributed by atoms with Crippen LogP contribution in [-0.2, 0) is 11.8 Å². The fourth-order valence-corrected chi connectivity index (χ4v) is 4.08. The molecule has 0 bridgehead atoms. The third-order valence-corrected chi connectivity index (χ3v) is 5.79. The summed E-state index contributed by atoms with van der Waals surface area (Å²) in [6.45, 7) is 1.97. The molecule has 1 saturated carbocycles. The lowest BCUT2D eigenvalue weighted by atomic mass is 9.96. The Hall–Kier alpha value is -2.11. The molecule has 0 aromatic carbocycles. The second-order valence-electron chi connectivity index (χ2n) is 7.73. The van der Waals surface area contributed by atoms with Crippen molar-refractivity contribution in [1.82, 2.24) is 14.8 Å². The lowest BCUT2D eigenvalue weighted by Gasteiger charge is -2.32. The van der Waals surface area contributed by atoms with Gasteiger partial charge in [0.1, 0.15) is 5.56 Å². The van der Waals surface area contributed by atoms with Crippen molar-refractivity contribution in [2.45, 2.75) is 44.9 Å². The molecule has 2 amide bonds. The first kappa shape index (κ1) is 18.7. The number of hydrogen-bond acceptors (Lipinski definition) is 3. The number of carbonyl (C=O) groups is 2. The van der Waals surface area contributed by atoms with E-state index in [2.05, 4.69) is 5.32 Å². The molecule has 0 unspecified atom stereocenters. The highest BCUT2D eigenvalue weighted by Crippen LogP contribution is 2.27. The second kappa shape index (κ2) is 8.52. The quantitative estimate of drug-likeness (QED) is 0.873. The highest BCUT2D eigenvalue weighted by atomic mass is 16.2. The molecular formula is C20H29N3O3. The van der Waals surface area contributed by atoms with Gasteiger partial charge in [-0.3, -0.25) is 14.4 Å². The highest BCUT2D eigenvalue weighted by molar-refractivity contribution is 5.93. The average molecular weight is 359 g/mol. The molecule has 2 aliphatic rings. The minimum Gasteiger partial charge on any atom is -0.356 e. The number of nitrogens with one attached hydrogen (secondary N) is 1. The standard InChI is InChI=1S/C20H29N3O3/c1-22-10-4-7-17(19(22)25)20(26)23-11-8-16(9-12-23)14-21-18(24)13-15-5-2-3-6-15/h4,7,10,15-16H,2-3,5-6,8-9,11-14H2,1H3,(H,21,24). The number of carbonyl (C=O) groups excluding carboxylic acids is 2. The fourth-order valence-electron chi connectivity index (χ4n) is 4.08. The topological polar surface area (TPSA) is 71.4 Å². The molecule has 0 radical (unpaired) electrons. The summed E-state index contributed by atoms with van der Waals surface area (Å²) in [6.07, 6.45) is 8.93.